The topological polar surface area (TPSA) is 49.4 Å². The maximum Gasteiger partial charge on any atom is 0.255 e. The first-order chi connectivity index (χ1) is 13.7. The summed E-state index contributed by atoms with van der Waals surface area (Å²) in [5.41, 5.74) is 4.49. The minimum absolute atomic E-state index is 0.0169. The van der Waals surface area contributed by atoms with Crippen LogP contribution in [0.1, 0.15) is 70.4 Å². The number of fused-ring (bicyclic) bond motifs is 1. The van der Waals surface area contributed by atoms with Crippen molar-refractivity contribution >= 4 is 17.5 Å². The Kier molecular flexibility index (Phi) is 5.75. The summed E-state index contributed by atoms with van der Waals surface area (Å²) in [6.45, 7) is 1.60. The molecule has 4 nitrogen and oxygen atoms in total. The molecule has 1 saturated heterocycles. The van der Waals surface area contributed by atoms with Crippen LogP contribution < -0.4 is 5.32 Å². The standard InChI is InChI=1S/C24H28N2O2/c27-23(20-14-13-18-9-3-4-10-19(18)17-20)25-22-12-6-5-11-21(22)24(28)26-15-7-1-2-8-16-26/h5-6,11-14,17H,1-4,7-10,15-16H2,(H,25,27). The number of carbonyl (C=O) groups is 2. The van der Waals surface area contributed by atoms with Gasteiger partial charge in [-0.2, -0.15) is 0 Å². The van der Waals surface area contributed by atoms with Crippen LogP contribution in [-0.4, -0.2) is 29.8 Å². The molecule has 0 aromatic heterocycles. The summed E-state index contributed by atoms with van der Waals surface area (Å²) in [7, 11) is 0. The maximum absolute atomic E-state index is 13.1. The number of benzene rings is 2. The minimum Gasteiger partial charge on any atom is -0.339 e. The highest BCUT2D eigenvalue weighted by Crippen LogP contribution is 2.24. The van der Waals surface area contributed by atoms with E-state index >= 15 is 0 Å². The first-order valence-corrected chi connectivity index (χ1v) is 10.5. The van der Waals surface area contributed by atoms with Crippen molar-refractivity contribution in [2.45, 2.75) is 51.4 Å². The van der Waals surface area contributed by atoms with Crippen molar-refractivity contribution in [3.05, 3.63) is 64.7 Å². The molecule has 0 saturated carbocycles. The monoisotopic (exact) mass is 376 g/mol. The van der Waals surface area contributed by atoms with Gasteiger partial charge in [-0.1, -0.05) is 31.0 Å². The van der Waals surface area contributed by atoms with Gasteiger partial charge in [-0.15, -0.1) is 0 Å². The number of anilines is 1. The number of amides is 2. The molecule has 0 unspecified atom stereocenters. The highest BCUT2D eigenvalue weighted by molar-refractivity contribution is 6.09. The Hall–Kier alpha value is -2.62. The Morgan fingerprint density at radius 1 is 0.786 bits per heavy atom. The van der Waals surface area contributed by atoms with Crippen LogP contribution in [0.25, 0.3) is 0 Å². The lowest BCUT2D eigenvalue weighted by atomic mass is 9.90. The molecule has 28 heavy (non-hydrogen) atoms. The first-order valence-electron chi connectivity index (χ1n) is 10.5. The molecule has 2 aliphatic rings. The highest BCUT2D eigenvalue weighted by atomic mass is 16.2. The number of rotatable bonds is 3. The number of aryl methyl sites for hydroxylation is 2. The van der Waals surface area contributed by atoms with Gasteiger partial charge in [0, 0.05) is 18.7 Å². The van der Waals surface area contributed by atoms with Crippen molar-refractivity contribution in [3.63, 3.8) is 0 Å². The Morgan fingerprint density at radius 2 is 1.50 bits per heavy atom. The van der Waals surface area contributed by atoms with Gasteiger partial charge >= 0.3 is 0 Å². The van der Waals surface area contributed by atoms with Gasteiger partial charge in [-0.05, 0) is 73.9 Å². The van der Waals surface area contributed by atoms with Crippen molar-refractivity contribution in [1.82, 2.24) is 4.90 Å². The molecule has 1 aliphatic heterocycles. The minimum atomic E-state index is -0.149. The average Bonchev–Trinajstić information content (AvgIpc) is 3.03. The molecule has 1 N–H and O–H groups in total. The van der Waals surface area contributed by atoms with E-state index in [1.54, 1.807) is 0 Å². The summed E-state index contributed by atoms with van der Waals surface area (Å²) >= 11 is 0. The van der Waals surface area contributed by atoms with E-state index in [2.05, 4.69) is 11.4 Å². The largest absolute Gasteiger partial charge is 0.339 e. The molecular weight excluding hydrogens is 348 g/mol. The molecule has 2 aromatic carbocycles. The van der Waals surface area contributed by atoms with Crippen LogP contribution in [0, 0.1) is 0 Å². The van der Waals surface area contributed by atoms with Gasteiger partial charge in [-0.3, -0.25) is 9.59 Å². The number of nitrogens with one attached hydrogen (secondary N) is 1. The van der Waals surface area contributed by atoms with Gasteiger partial charge in [0.25, 0.3) is 11.8 Å². The zero-order valence-corrected chi connectivity index (χ0v) is 16.4. The van der Waals surface area contributed by atoms with E-state index in [0.717, 1.165) is 38.8 Å². The highest BCUT2D eigenvalue weighted by Gasteiger charge is 2.21. The molecule has 0 atom stereocenters. The number of likely N-dealkylation sites (tertiary alicyclic amines) is 1. The lowest BCUT2D eigenvalue weighted by Crippen LogP contribution is -2.32. The third-order valence-electron chi connectivity index (χ3n) is 5.91. The number of hydrogen-bond acceptors (Lipinski definition) is 2. The summed E-state index contributed by atoms with van der Waals surface area (Å²) in [4.78, 5) is 27.9. The van der Waals surface area contributed by atoms with Crippen LogP contribution in [0.3, 0.4) is 0 Å². The third kappa shape index (κ3) is 4.11. The van der Waals surface area contributed by atoms with Crippen LogP contribution in [-0.2, 0) is 12.8 Å². The van der Waals surface area contributed by atoms with Gasteiger partial charge in [0.2, 0.25) is 0 Å². The summed E-state index contributed by atoms with van der Waals surface area (Å²) < 4.78 is 0. The molecule has 4 heteroatoms. The first kappa shape index (κ1) is 18.7. The Bertz CT molecular complexity index is 867. The molecule has 1 fully saturated rings. The smallest absolute Gasteiger partial charge is 0.255 e. The maximum atomic E-state index is 13.1. The van der Waals surface area contributed by atoms with Crippen molar-refractivity contribution < 1.29 is 9.59 Å². The number of hydrogen-bond donors (Lipinski definition) is 1. The summed E-state index contributed by atoms with van der Waals surface area (Å²) in [5, 5.41) is 2.98. The van der Waals surface area contributed by atoms with E-state index in [0.29, 0.717) is 16.8 Å². The zero-order chi connectivity index (χ0) is 19.3. The van der Waals surface area contributed by atoms with Gasteiger partial charge in [0.1, 0.15) is 0 Å². The van der Waals surface area contributed by atoms with Crippen LogP contribution >= 0.6 is 0 Å². The molecule has 0 spiro atoms. The molecule has 1 aliphatic carbocycles. The van der Waals surface area contributed by atoms with Crippen molar-refractivity contribution in [1.29, 1.82) is 0 Å². The zero-order valence-electron chi connectivity index (χ0n) is 16.4. The van der Waals surface area contributed by atoms with Crippen molar-refractivity contribution in [3.8, 4) is 0 Å². The Morgan fingerprint density at radius 3 is 2.29 bits per heavy atom. The van der Waals surface area contributed by atoms with E-state index in [-0.39, 0.29) is 11.8 Å². The van der Waals surface area contributed by atoms with Gasteiger partial charge in [0.15, 0.2) is 0 Å². The van der Waals surface area contributed by atoms with Crippen LogP contribution in [0.4, 0.5) is 5.69 Å². The van der Waals surface area contributed by atoms with E-state index in [4.69, 9.17) is 0 Å². The fourth-order valence-corrected chi connectivity index (χ4v) is 4.29. The van der Waals surface area contributed by atoms with E-state index < -0.39 is 0 Å². The van der Waals surface area contributed by atoms with E-state index in [1.165, 1.54) is 36.8 Å². The normalized spacial score (nSPS) is 16.8. The predicted molar refractivity (Wildman–Crippen MR) is 112 cm³/mol. The second-order valence-electron chi connectivity index (χ2n) is 7.90. The molecule has 2 aromatic rings. The van der Waals surface area contributed by atoms with Crippen LogP contribution in [0.2, 0.25) is 0 Å². The fourth-order valence-electron chi connectivity index (χ4n) is 4.29. The number of carbonyl (C=O) groups excluding carboxylic acids is 2. The molecule has 1 heterocycles. The molecule has 0 bridgehead atoms. The lowest BCUT2D eigenvalue weighted by molar-refractivity contribution is 0.0762. The molecule has 146 valence electrons. The lowest BCUT2D eigenvalue weighted by Gasteiger charge is -2.22. The van der Waals surface area contributed by atoms with Crippen molar-refractivity contribution in [2.24, 2.45) is 0 Å². The molecule has 4 rings (SSSR count). The van der Waals surface area contributed by atoms with E-state index in [9.17, 15) is 9.59 Å². The van der Waals surface area contributed by atoms with Crippen molar-refractivity contribution in [2.75, 3.05) is 18.4 Å². The Balaban J connectivity index is 1.53. The summed E-state index contributed by atoms with van der Waals surface area (Å²) in [6.07, 6.45) is 9.02. The SMILES string of the molecule is O=C(Nc1ccccc1C(=O)N1CCCCCC1)c1ccc2c(c1)CCCC2. The van der Waals surface area contributed by atoms with Gasteiger partial charge < -0.3 is 10.2 Å². The number of para-hydroxylation sites is 1. The fraction of sp³-hybridized carbons (Fsp3) is 0.417. The second-order valence-corrected chi connectivity index (χ2v) is 7.90. The quantitative estimate of drug-likeness (QED) is 0.834. The molecule has 2 amide bonds. The Labute approximate surface area is 166 Å². The van der Waals surface area contributed by atoms with Crippen LogP contribution in [0.15, 0.2) is 42.5 Å². The number of nitrogens with zero attached hydrogens (tertiary/aromatic N) is 1. The second kappa shape index (κ2) is 8.59. The average molecular weight is 377 g/mol. The van der Waals surface area contributed by atoms with Gasteiger partial charge in [-0.25, -0.2) is 0 Å². The van der Waals surface area contributed by atoms with E-state index in [1.807, 2.05) is 41.3 Å². The third-order valence-corrected chi connectivity index (χ3v) is 5.91. The van der Waals surface area contributed by atoms with Gasteiger partial charge in [0.05, 0.1) is 11.3 Å². The molecular formula is C24H28N2O2. The molecule has 0 radical (unpaired) electrons. The summed E-state index contributed by atoms with van der Waals surface area (Å²) in [5.74, 6) is -0.132. The van der Waals surface area contributed by atoms with Crippen LogP contribution in [0.5, 0.6) is 0 Å². The predicted octanol–water partition coefficient (Wildman–Crippen LogP) is 4.83. The summed E-state index contributed by atoms with van der Waals surface area (Å²) in [6, 6.07) is 13.4.